The van der Waals surface area contributed by atoms with E-state index in [1.165, 1.54) is 7.05 Å². The number of carbonyl (C=O) groups is 1. The summed E-state index contributed by atoms with van der Waals surface area (Å²) in [5.74, 6) is 1.08. The van der Waals surface area contributed by atoms with Crippen molar-refractivity contribution in [1.29, 1.82) is 0 Å². The van der Waals surface area contributed by atoms with E-state index in [4.69, 9.17) is 16.1 Å². The van der Waals surface area contributed by atoms with Crippen molar-refractivity contribution >= 4 is 35.0 Å². The maximum atomic E-state index is 11.9. The van der Waals surface area contributed by atoms with Crippen molar-refractivity contribution in [3.8, 4) is 11.5 Å². The molecule has 4 rings (SSSR count). The predicted molar refractivity (Wildman–Crippen MR) is 128 cm³/mol. The number of nitrogens with one attached hydrogen (secondary N) is 3. The van der Waals surface area contributed by atoms with Crippen molar-refractivity contribution in [3.63, 3.8) is 0 Å². The van der Waals surface area contributed by atoms with Crippen LogP contribution in [0.1, 0.15) is 27.8 Å². The molecule has 0 spiro atoms. The zero-order valence-electron chi connectivity index (χ0n) is 18.4. The highest BCUT2D eigenvalue weighted by atomic mass is 35.5. The topological polar surface area (TPSA) is 138 Å². The lowest BCUT2D eigenvalue weighted by atomic mass is 10.1. The molecule has 1 amide bonds. The molecule has 1 atom stereocenters. The van der Waals surface area contributed by atoms with Crippen LogP contribution in [0.2, 0.25) is 5.02 Å². The van der Waals surface area contributed by atoms with Gasteiger partial charge in [0.1, 0.15) is 11.4 Å². The Bertz CT molecular complexity index is 1300. The maximum absolute atomic E-state index is 11.9. The zero-order valence-corrected chi connectivity index (χ0v) is 19.2. The summed E-state index contributed by atoms with van der Waals surface area (Å²) in [6.07, 6.45) is 1.55. The number of anilines is 3. The fraction of sp³-hybridized carbons (Fsp3) is 0.174. The summed E-state index contributed by atoms with van der Waals surface area (Å²) in [6.45, 7) is 1.54. The molecule has 0 saturated carbocycles. The summed E-state index contributed by atoms with van der Waals surface area (Å²) in [5, 5.41) is 23.0. The Morgan fingerprint density at radius 1 is 1.18 bits per heavy atom. The van der Waals surface area contributed by atoms with Gasteiger partial charge in [0.15, 0.2) is 5.82 Å². The SMILES string of the molecule is CNC(=O)c1ccc(Nc2ncc(-c3nc(C)no3)c(N[C@H](CO)c3ccccc3)n2)cc1Cl. The van der Waals surface area contributed by atoms with Crippen LogP contribution >= 0.6 is 11.6 Å². The van der Waals surface area contributed by atoms with Crippen LogP contribution in [-0.4, -0.2) is 44.8 Å². The Kier molecular flexibility index (Phi) is 7.00. The van der Waals surface area contributed by atoms with Gasteiger partial charge in [0.2, 0.25) is 5.95 Å². The lowest BCUT2D eigenvalue weighted by Crippen LogP contribution is -2.18. The minimum absolute atomic E-state index is 0.171. The Morgan fingerprint density at radius 3 is 2.62 bits per heavy atom. The predicted octanol–water partition coefficient (Wildman–Crippen LogP) is 3.74. The molecular formula is C23H22ClN7O3. The Balaban J connectivity index is 1.67. The molecule has 2 heterocycles. The van der Waals surface area contributed by atoms with Gasteiger partial charge in [-0.05, 0) is 30.7 Å². The Labute approximate surface area is 200 Å². The molecule has 0 aliphatic carbocycles. The number of aromatic nitrogens is 4. The minimum atomic E-state index is -0.437. The van der Waals surface area contributed by atoms with Crippen molar-refractivity contribution in [2.45, 2.75) is 13.0 Å². The molecule has 0 saturated heterocycles. The van der Waals surface area contributed by atoms with Gasteiger partial charge < -0.3 is 25.6 Å². The van der Waals surface area contributed by atoms with Gasteiger partial charge in [-0.2, -0.15) is 9.97 Å². The molecule has 0 unspecified atom stereocenters. The standard InChI is InChI=1S/C23H22ClN7O3/c1-13-27-22(34-31-13)17-11-26-23(28-15-8-9-16(18(24)10-15)21(33)25-2)30-20(17)29-19(12-32)14-6-4-3-5-7-14/h3-11,19,32H,12H2,1-2H3,(H,25,33)(H2,26,28,29,30)/t19-/m1/s1. The van der Waals surface area contributed by atoms with Crippen LogP contribution in [0.15, 0.2) is 59.3 Å². The normalized spacial score (nSPS) is 11.6. The van der Waals surface area contributed by atoms with Crippen LogP contribution in [0.5, 0.6) is 0 Å². The molecule has 0 fully saturated rings. The van der Waals surface area contributed by atoms with Gasteiger partial charge in [-0.1, -0.05) is 47.1 Å². The maximum Gasteiger partial charge on any atom is 0.263 e. The van der Waals surface area contributed by atoms with Gasteiger partial charge in [-0.25, -0.2) is 4.98 Å². The third kappa shape index (κ3) is 5.13. The number of aliphatic hydroxyl groups is 1. The van der Waals surface area contributed by atoms with Crippen LogP contribution in [-0.2, 0) is 0 Å². The van der Waals surface area contributed by atoms with Gasteiger partial charge in [0, 0.05) is 18.9 Å². The molecule has 0 aliphatic rings. The lowest BCUT2D eigenvalue weighted by Gasteiger charge is -2.19. The first kappa shape index (κ1) is 23.1. The highest BCUT2D eigenvalue weighted by Gasteiger charge is 2.19. The number of rotatable bonds is 8. The molecule has 0 aliphatic heterocycles. The van der Waals surface area contributed by atoms with Crippen LogP contribution in [0.3, 0.4) is 0 Å². The van der Waals surface area contributed by atoms with Gasteiger partial charge in [-0.3, -0.25) is 4.79 Å². The highest BCUT2D eigenvalue weighted by molar-refractivity contribution is 6.34. The summed E-state index contributed by atoms with van der Waals surface area (Å²) < 4.78 is 5.31. The summed E-state index contributed by atoms with van der Waals surface area (Å²) in [5.41, 5.74) is 2.30. The van der Waals surface area contributed by atoms with Crippen molar-refractivity contribution in [3.05, 3.63) is 76.7 Å². The van der Waals surface area contributed by atoms with E-state index >= 15 is 0 Å². The highest BCUT2D eigenvalue weighted by Crippen LogP contribution is 2.30. The second kappa shape index (κ2) is 10.3. The van der Waals surface area contributed by atoms with Crippen molar-refractivity contribution in [2.75, 3.05) is 24.3 Å². The van der Waals surface area contributed by atoms with Crippen molar-refractivity contribution < 1.29 is 14.4 Å². The number of halogens is 1. The number of amides is 1. The minimum Gasteiger partial charge on any atom is -0.394 e. The average molecular weight is 480 g/mol. The number of hydrogen-bond acceptors (Lipinski definition) is 9. The number of aryl methyl sites for hydroxylation is 1. The van der Waals surface area contributed by atoms with Gasteiger partial charge in [-0.15, -0.1) is 0 Å². The summed E-state index contributed by atoms with van der Waals surface area (Å²) >= 11 is 6.25. The molecule has 4 N–H and O–H groups in total. The lowest BCUT2D eigenvalue weighted by molar-refractivity contribution is 0.0963. The second-order valence-corrected chi connectivity index (χ2v) is 7.70. The molecule has 0 bridgehead atoms. The second-order valence-electron chi connectivity index (χ2n) is 7.29. The largest absolute Gasteiger partial charge is 0.394 e. The fourth-order valence-electron chi connectivity index (χ4n) is 3.24. The van der Waals surface area contributed by atoms with Crippen LogP contribution in [0, 0.1) is 6.92 Å². The van der Waals surface area contributed by atoms with E-state index in [1.54, 1.807) is 31.3 Å². The first-order chi connectivity index (χ1) is 16.5. The Morgan fingerprint density at radius 2 is 1.97 bits per heavy atom. The van der Waals surface area contributed by atoms with E-state index in [0.29, 0.717) is 28.5 Å². The summed E-state index contributed by atoms with van der Waals surface area (Å²) in [6, 6.07) is 14.0. The van der Waals surface area contributed by atoms with Gasteiger partial charge in [0.05, 0.1) is 23.2 Å². The number of nitrogens with zero attached hydrogens (tertiary/aromatic N) is 4. The molecule has 10 nitrogen and oxygen atoms in total. The third-order valence-electron chi connectivity index (χ3n) is 4.94. The van der Waals surface area contributed by atoms with Crippen LogP contribution < -0.4 is 16.0 Å². The molecule has 34 heavy (non-hydrogen) atoms. The zero-order chi connectivity index (χ0) is 24.1. The average Bonchev–Trinajstić information content (AvgIpc) is 3.28. The van der Waals surface area contributed by atoms with E-state index in [0.717, 1.165) is 5.56 Å². The van der Waals surface area contributed by atoms with Crippen LogP contribution in [0.25, 0.3) is 11.5 Å². The molecule has 11 heteroatoms. The van der Waals surface area contributed by atoms with Gasteiger partial charge >= 0.3 is 0 Å². The summed E-state index contributed by atoms with van der Waals surface area (Å²) in [7, 11) is 1.54. The molecule has 174 valence electrons. The number of aliphatic hydroxyl groups excluding tert-OH is 1. The van der Waals surface area contributed by atoms with E-state index in [2.05, 4.69) is 36.1 Å². The third-order valence-corrected chi connectivity index (χ3v) is 5.25. The van der Waals surface area contributed by atoms with E-state index in [-0.39, 0.29) is 29.4 Å². The molecule has 0 radical (unpaired) electrons. The van der Waals surface area contributed by atoms with Crippen molar-refractivity contribution in [1.82, 2.24) is 25.4 Å². The number of benzene rings is 2. The molecule has 4 aromatic rings. The number of hydrogen-bond donors (Lipinski definition) is 4. The van der Waals surface area contributed by atoms with E-state index in [9.17, 15) is 9.90 Å². The Hall–Kier alpha value is -4.02. The number of carbonyl (C=O) groups excluding carboxylic acids is 1. The first-order valence-electron chi connectivity index (χ1n) is 10.4. The van der Waals surface area contributed by atoms with E-state index in [1.807, 2.05) is 30.3 Å². The van der Waals surface area contributed by atoms with Crippen molar-refractivity contribution in [2.24, 2.45) is 0 Å². The molecular weight excluding hydrogens is 458 g/mol. The molecule has 2 aromatic heterocycles. The van der Waals surface area contributed by atoms with Gasteiger partial charge in [0.25, 0.3) is 11.8 Å². The molecule has 2 aromatic carbocycles. The fourth-order valence-corrected chi connectivity index (χ4v) is 3.51. The first-order valence-corrected chi connectivity index (χ1v) is 10.7. The monoisotopic (exact) mass is 479 g/mol. The van der Waals surface area contributed by atoms with Crippen LogP contribution in [0.4, 0.5) is 17.5 Å². The smallest absolute Gasteiger partial charge is 0.263 e. The summed E-state index contributed by atoms with van der Waals surface area (Å²) in [4.78, 5) is 25.1. The van der Waals surface area contributed by atoms with E-state index < -0.39 is 6.04 Å². The quantitative estimate of drug-likeness (QED) is 0.297.